The second kappa shape index (κ2) is 4.70. The molecule has 1 amide bonds. The normalized spacial score (nSPS) is 21.7. The minimum absolute atomic E-state index is 0.00150. The summed E-state index contributed by atoms with van der Waals surface area (Å²) >= 11 is 0. The van der Waals surface area contributed by atoms with Crippen LogP contribution in [0.4, 0.5) is 0 Å². The zero-order valence-corrected chi connectivity index (χ0v) is 10.7. The largest absolute Gasteiger partial charge is 0.349 e. The summed E-state index contributed by atoms with van der Waals surface area (Å²) in [6, 6.07) is 1.92. The predicted molar refractivity (Wildman–Crippen MR) is 67.3 cm³/mol. The summed E-state index contributed by atoms with van der Waals surface area (Å²) in [5.74, 6) is -0.00150. The number of aromatic nitrogens is 2. The summed E-state index contributed by atoms with van der Waals surface area (Å²) in [6.07, 6.45) is 0. The van der Waals surface area contributed by atoms with Crippen LogP contribution in [-0.2, 0) is 13.1 Å². The molecule has 1 aromatic heterocycles. The second-order valence-corrected chi connectivity index (χ2v) is 5.08. The van der Waals surface area contributed by atoms with Crippen LogP contribution in [0, 0.1) is 0 Å². The fourth-order valence-corrected chi connectivity index (χ4v) is 2.50. The Morgan fingerprint density at radius 2 is 2.06 bits per heavy atom. The summed E-state index contributed by atoms with van der Waals surface area (Å²) in [5, 5.41) is 7.36. The van der Waals surface area contributed by atoms with Gasteiger partial charge in [-0.1, -0.05) is 0 Å². The van der Waals surface area contributed by atoms with Crippen LogP contribution in [0.5, 0.6) is 0 Å². The quantitative estimate of drug-likeness (QED) is 0.758. The molecule has 6 nitrogen and oxygen atoms in total. The Morgan fingerprint density at radius 1 is 1.28 bits per heavy atom. The van der Waals surface area contributed by atoms with Crippen molar-refractivity contribution in [1.29, 1.82) is 0 Å². The third-order valence-corrected chi connectivity index (χ3v) is 3.65. The topological polar surface area (TPSA) is 53.4 Å². The monoisotopic (exact) mass is 249 g/mol. The van der Waals surface area contributed by atoms with E-state index >= 15 is 0 Å². The average Bonchev–Trinajstić information content (AvgIpc) is 2.76. The molecule has 0 saturated carbocycles. The summed E-state index contributed by atoms with van der Waals surface area (Å²) in [7, 11) is 2.15. The number of nitrogens with one attached hydrogen (secondary N) is 1. The summed E-state index contributed by atoms with van der Waals surface area (Å²) in [6.45, 7) is 6.67. The molecule has 2 aliphatic rings. The third-order valence-electron chi connectivity index (χ3n) is 3.65. The molecule has 3 rings (SSSR count). The number of carbonyl (C=O) groups is 1. The predicted octanol–water partition coefficient (Wildman–Crippen LogP) is -0.626. The summed E-state index contributed by atoms with van der Waals surface area (Å²) < 4.78 is 1.82. The first-order valence-corrected chi connectivity index (χ1v) is 6.48. The Balaban J connectivity index is 1.68. The first-order chi connectivity index (χ1) is 8.72. The van der Waals surface area contributed by atoms with Gasteiger partial charge >= 0.3 is 0 Å². The maximum Gasteiger partial charge on any atom is 0.269 e. The number of nitrogens with zero attached hydrogens (tertiary/aromatic N) is 4. The third kappa shape index (κ3) is 2.26. The van der Waals surface area contributed by atoms with Gasteiger partial charge in [0.05, 0.1) is 12.2 Å². The van der Waals surface area contributed by atoms with E-state index in [1.54, 1.807) is 0 Å². The highest BCUT2D eigenvalue weighted by atomic mass is 16.2. The van der Waals surface area contributed by atoms with E-state index in [0.717, 1.165) is 45.0 Å². The second-order valence-electron chi connectivity index (χ2n) is 5.08. The van der Waals surface area contributed by atoms with Crippen LogP contribution >= 0.6 is 0 Å². The molecule has 0 atom stereocenters. The van der Waals surface area contributed by atoms with Crippen molar-refractivity contribution in [3.63, 3.8) is 0 Å². The number of hydrogen-bond donors (Lipinski definition) is 1. The van der Waals surface area contributed by atoms with Crippen molar-refractivity contribution in [2.75, 3.05) is 39.8 Å². The Morgan fingerprint density at radius 3 is 2.78 bits per heavy atom. The minimum Gasteiger partial charge on any atom is -0.349 e. The molecule has 0 aliphatic carbocycles. The van der Waals surface area contributed by atoms with Crippen LogP contribution in [-0.4, -0.2) is 65.3 Å². The lowest BCUT2D eigenvalue weighted by Crippen LogP contribution is -2.43. The van der Waals surface area contributed by atoms with Gasteiger partial charge in [0.15, 0.2) is 0 Å². The lowest BCUT2D eigenvalue weighted by molar-refractivity contribution is 0.0924. The van der Waals surface area contributed by atoms with Crippen LogP contribution in [0.15, 0.2) is 6.07 Å². The highest BCUT2D eigenvalue weighted by Crippen LogP contribution is 2.11. The Labute approximate surface area is 107 Å². The van der Waals surface area contributed by atoms with Gasteiger partial charge in [-0.15, -0.1) is 0 Å². The van der Waals surface area contributed by atoms with Crippen molar-refractivity contribution < 1.29 is 4.79 Å². The van der Waals surface area contributed by atoms with Crippen molar-refractivity contribution in [3.8, 4) is 0 Å². The fourth-order valence-electron chi connectivity index (χ4n) is 2.50. The fraction of sp³-hybridized carbons (Fsp3) is 0.667. The zero-order chi connectivity index (χ0) is 12.5. The number of amides is 1. The van der Waals surface area contributed by atoms with E-state index in [-0.39, 0.29) is 5.91 Å². The van der Waals surface area contributed by atoms with Gasteiger partial charge in [-0.3, -0.25) is 14.4 Å². The van der Waals surface area contributed by atoms with E-state index in [9.17, 15) is 4.79 Å². The molecule has 1 N–H and O–H groups in total. The lowest BCUT2D eigenvalue weighted by Gasteiger charge is -2.31. The van der Waals surface area contributed by atoms with E-state index in [1.807, 2.05) is 10.7 Å². The van der Waals surface area contributed by atoms with Gasteiger partial charge in [0.2, 0.25) is 0 Å². The van der Waals surface area contributed by atoms with Gasteiger partial charge in [0.25, 0.3) is 5.91 Å². The van der Waals surface area contributed by atoms with Crippen LogP contribution in [0.25, 0.3) is 0 Å². The molecule has 1 saturated heterocycles. The number of carbonyl (C=O) groups excluding carboxylic acids is 1. The smallest absolute Gasteiger partial charge is 0.269 e. The van der Waals surface area contributed by atoms with E-state index in [2.05, 4.69) is 27.3 Å². The molecule has 0 spiro atoms. The Hall–Kier alpha value is -1.40. The molecule has 0 unspecified atom stereocenters. The van der Waals surface area contributed by atoms with Crippen LogP contribution in [0.1, 0.15) is 16.2 Å². The van der Waals surface area contributed by atoms with E-state index in [4.69, 9.17) is 0 Å². The van der Waals surface area contributed by atoms with Gasteiger partial charge in [-0.05, 0) is 13.1 Å². The molecular weight excluding hydrogens is 230 g/mol. The van der Waals surface area contributed by atoms with E-state index in [0.29, 0.717) is 12.2 Å². The highest BCUT2D eigenvalue weighted by molar-refractivity contribution is 5.93. The lowest BCUT2D eigenvalue weighted by atomic mass is 10.2. The number of piperazine rings is 1. The van der Waals surface area contributed by atoms with Crippen LogP contribution in [0.3, 0.4) is 0 Å². The Bertz CT molecular complexity index is 447. The molecular formula is C12H19N5O. The maximum atomic E-state index is 11.6. The molecule has 6 heteroatoms. The van der Waals surface area contributed by atoms with Crippen molar-refractivity contribution >= 4 is 5.91 Å². The molecule has 1 fully saturated rings. The summed E-state index contributed by atoms with van der Waals surface area (Å²) in [4.78, 5) is 16.4. The van der Waals surface area contributed by atoms with Gasteiger partial charge in [0, 0.05) is 39.3 Å². The first-order valence-electron chi connectivity index (χ1n) is 6.48. The molecule has 1 aromatic rings. The molecule has 0 aromatic carbocycles. The number of hydrogen-bond acceptors (Lipinski definition) is 4. The molecule has 0 bridgehead atoms. The number of fused-ring (bicyclic) bond motifs is 1. The first kappa shape index (κ1) is 11.7. The standard InChI is InChI=1S/C12H19N5O/c1-15-4-6-16(7-5-15)9-10-8-11-12(18)13-2-3-17(11)14-10/h8H,2-7,9H2,1H3,(H,13,18). The molecule has 18 heavy (non-hydrogen) atoms. The molecule has 3 heterocycles. The molecule has 2 aliphatic heterocycles. The van der Waals surface area contributed by atoms with E-state index < -0.39 is 0 Å². The molecule has 98 valence electrons. The van der Waals surface area contributed by atoms with E-state index in [1.165, 1.54) is 0 Å². The van der Waals surface area contributed by atoms with Crippen molar-refractivity contribution in [2.24, 2.45) is 0 Å². The average molecular weight is 249 g/mol. The highest BCUT2D eigenvalue weighted by Gasteiger charge is 2.21. The van der Waals surface area contributed by atoms with Gasteiger partial charge < -0.3 is 10.2 Å². The number of likely N-dealkylation sites (N-methyl/N-ethyl adjacent to an activating group) is 1. The SMILES string of the molecule is CN1CCN(Cc2cc3n(n2)CCNC3=O)CC1. The van der Waals surface area contributed by atoms with Crippen molar-refractivity contribution in [1.82, 2.24) is 24.9 Å². The molecule has 0 radical (unpaired) electrons. The van der Waals surface area contributed by atoms with Gasteiger partial charge in [0.1, 0.15) is 5.69 Å². The van der Waals surface area contributed by atoms with Crippen LogP contribution < -0.4 is 5.32 Å². The maximum absolute atomic E-state index is 11.6. The zero-order valence-electron chi connectivity index (χ0n) is 10.7. The minimum atomic E-state index is -0.00150. The van der Waals surface area contributed by atoms with Crippen molar-refractivity contribution in [3.05, 3.63) is 17.5 Å². The summed E-state index contributed by atoms with van der Waals surface area (Å²) in [5.41, 5.74) is 1.71. The van der Waals surface area contributed by atoms with Gasteiger partial charge in [-0.25, -0.2) is 0 Å². The van der Waals surface area contributed by atoms with Crippen LogP contribution in [0.2, 0.25) is 0 Å². The number of rotatable bonds is 2. The van der Waals surface area contributed by atoms with Crippen molar-refractivity contribution in [2.45, 2.75) is 13.1 Å². The Kier molecular flexibility index (Phi) is 3.05. The van der Waals surface area contributed by atoms with Gasteiger partial charge in [-0.2, -0.15) is 5.10 Å².